The zero-order chi connectivity index (χ0) is 28.4. The molecule has 1 amide bonds. The topological polar surface area (TPSA) is 104 Å². The highest BCUT2D eigenvalue weighted by molar-refractivity contribution is 7.98. The lowest BCUT2D eigenvalue weighted by Gasteiger charge is -2.20. The summed E-state index contributed by atoms with van der Waals surface area (Å²) < 4.78 is 56.3. The van der Waals surface area contributed by atoms with Crippen LogP contribution in [0.15, 0.2) is 58.4 Å². The zero-order valence-corrected chi connectivity index (χ0v) is 22.1. The second kappa shape index (κ2) is 10.8. The molecule has 3 aromatic rings. The van der Waals surface area contributed by atoms with Gasteiger partial charge in [0.15, 0.2) is 6.19 Å². The number of carbonyl (C=O) groups is 1. The third kappa shape index (κ3) is 5.92. The molecule has 1 atom stereocenters. The van der Waals surface area contributed by atoms with Crippen molar-refractivity contribution >= 4 is 21.5 Å². The molecule has 2 N–H and O–H groups in total. The number of carbonyl (C=O) groups excluding carboxylic acids is 1. The van der Waals surface area contributed by atoms with Crippen LogP contribution in [0.5, 0.6) is 0 Å². The first-order chi connectivity index (χ1) is 17.7. The predicted octanol–water partition coefficient (Wildman–Crippen LogP) is 4.72. The Hall–Kier alpha value is -4.04. The van der Waals surface area contributed by atoms with E-state index in [0.717, 1.165) is 12.1 Å². The van der Waals surface area contributed by atoms with Gasteiger partial charge in [0.25, 0.3) is 5.91 Å². The van der Waals surface area contributed by atoms with E-state index in [1.807, 2.05) is 13.8 Å². The van der Waals surface area contributed by atoms with E-state index in [9.17, 15) is 27.0 Å². The molecule has 0 aliphatic heterocycles. The molecule has 0 aliphatic carbocycles. The number of hydrogen-bond donors (Lipinski definition) is 2. The van der Waals surface area contributed by atoms with Gasteiger partial charge in [0.05, 0.1) is 20.2 Å². The molecule has 0 fully saturated rings. The summed E-state index contributed by atoms with van der Waals surface area (Å²) in [5.74, 6) is 2.84. The molecule has 0 spiro atoms. The summed E-state index contributed by atoms with van der Waals surface area (Å²) >= 11 is 0. The zero-order valence-electron chi connectivity index (χ0n) is 21.3. The summed E-state index contributed by atoms with van der Waals surface area (Å²) in [6, 6.07) is 9.04. The minimum Gasteiger partial charge on any atom is -0.348 e. The number of hydrogen-bond acceptors (Lipinski definition) is 4. The van der Waals surface area contributed by atoms with Crippen LogP contribution < -0.4 is 15.5 Å². The Balaban J connectivity index is 2.00. The minimum atomic E-state index is -4.59. The van der Waals surface area contributed by atoms with Crippen molar-refractivity contribution in [3.8, 4) is 17.3 Å². The van der Waals surface area contributed by atoms with E-state index >= 15 is 0 Å². The lowest BCUT2D eigenvalue weighted by molar-refractivity contribution is -0.137. The summed E-state index contributed by atoms with van der Waals surface area (Å²) in [5.41, 5.74) is 0.0991. The van der Waals surface area contributed by atoms with Gasteiger partial charge in [0.2, 0.25) is 5.43 Å². The normalized spacial score (nSPS) is 13.0. The summed E-state index contributed by atoms with van der Waals surface area (Å²) in [4.78, 5) is 26.9. The van der Waals surface area contributed by atoms with Crippen LogP contribution in [-0.4, -0.2) is 20.6 Å². The van der Waals surface area contributed by atoms with Crippen LogP contribution in [0.4, 0.5) is 13.2 Å². The number of amides is 1. The molecule has 1 aromatic heterocycles. The maximum Gasteiger partial charge on any atom is 0.416 e. The number of halogens is 3. The summed E-state index contributed by atoms with van der Waals surface area (Å²) in [6.45, 7) is 7.06. The number of nitriles is 1. The number of benzene rings is 2. The number of aryl methyl sites for hydroxylation is 1. The van der Waals surface area contributed by atoms with Gasteiger partial charge in [0, 0.05) is 30.0 Å². The first-order valence-corrected chi connectivity index (χ1v) is 13.2. The van der Waals surface area contributed by atoms with Gasteiger partial charge in [-0.3, -0.25) is 9.59 Å². The second-order valence-corrected chi connectivity index (χ2v) is 11.1. The Labute approximate surface area is 219 Å². The van der Waals surface area contributed by atoms with E-state index in [4.69, 9.17) is 5.26 Å². The Kier molecular flexibility index (Phi) is 8.07. The lowest BCUT2D eigenvalue weighted by Crippen LogP contribution is -2.31. The molecular weight excluding hydrogens is 517 g/mol. The Morgan fingerprint density at radius 2 is 1.87 bits per heavy atom. The van der Waals surface area contributed by atoms with Crippen molar-refractivity contribution in [2.24, 2.45) is 0 Å². The Bertz CT molecular complexity index is 1600. The number of rotatable bonds is 7. The van der Waals surface area contributed by atoms with E-state index in [1.165, 1.54) is 24.4 Å². The van der Waals surface area contributed by atoms with Gasteiger partial charge in [-0.15, -0.1) is 0 Å². The van der Waals surface area contributed by atoms with Gasteiger partial charge in [-0.25, -0.2) is 8.93 Å². The average Bonchev–Trinajstić information content (AvgIpc) is 2.82. The summed E-state index contributed by atoms with van der Waals surface area (Å²) in [7, 11) is -3.00. The van der Waals surface area contributed by atoms with Gasteiger partial charge < -0.3 is 9.88 Å². The third-order valence-electron chi connectivity index (χ3n) is 6.11. The predicted molar refractivity (Wildman–Crippen MR) is 141 cm³/mol. The van der Waals surface area contributed by atoms with Crippen LogP contribution in [0.1, 0.15) is 52.6 Å². The van der Waals surface area contributed by atoms with Crippen LogP contribution in [-0.2, 0) is 22.4 Å². The smallest absolute Gasteiger partial charge is 0.348 e. The van der Waals surface area contributed by atoms with Crippen LogP contribution in [0.25, 0.3) is 11.1 Å². The first-order valence-electron chi connectivity index (χ1n) is 11.5. The molecular formula is C27H27F3N4O3S. The molecule has 0 saturated heterocycles. The molecule has 0 saturated carbocycles. The molecule has 0 radical (unpaired) electrons. The van der Waals surface area contributed by atoms with Crippen LogP contribution >= 0.6 is 0 Å². The Morgan fingerprint density at radius 1 is 1.18 bits per heavy atom. The van der Waals surface area contributed by atoms with E-state index in [0.29, 0.717) is 21.7 Å². The second-order valence-electron chi connectivity index (χ2n) is 9.07. The van der Waals surface area contributed by atoms with Crippen LogP contribution in [0.2, 0.25) is 0 Å². The first kappa shape index (κ1) is 28.5. The Morgan fingerprint density at radius 3 is 2.45 bits per heavy atom. The van der Waals surface area contributed by atoms with Crippen molar-refractivity contribution < 1.29 is 22.2 Å². The lowest BCUT2D eigenvalue weighted by atomic mass is 9.98. The van der Waals surface area contributed by atoms with Crippen LogP contribution in [0, 0.1) is 25.3 Å². The van der Waals surface area contributed by atoms with Crippen molar-refractivity contribution in [3.63, 3.8) is 0 Å². The molecule has 11 heteroatoms. The molecule has 1 unspecified atom stereocenters. The quantitative estimate of drug-likeness (QED) is 0.255. The maximum absolute atomic E-state index is 13.4. The van der Waals surface area contributed by atoms with Crippen molar-refractivity contribution in [3.05, 3.63) is 86.8 Å². The van der Waals surface area contributed by atoms with Crippen LogP contribution in [0.3, 0.4) is 0 Å². The molecule has 2 aromatic carbocycles. The standard InChI is InChI=1S/C27H27F3N4O3S/c1-16(2)34-14-23(25(35)24(18(34)4)19-7-6-8-21(12-19)27(28,29)30)26(36)32-13-20-9-10-22(11-17(20)3)38(5,37)33-15-31/h6-12,14,16H,5,13H2,1-4H3,(H,32,36)(H,33,37). The van der Waals surface area contributed by atoms with Gasteiger partial charge in [-0.2, -0.15) is 18.4 Å². The molecule has 0 bridgehead atoms. The number of pyridine rings is 1. The number of nitrogens with one attached hydrogen (secondary N) is 2. The van der Waals surface area contributed by atoms with Crippen molar-refractivity contribution in [2.75, 3.05) is 0 Å². The minimum absolute atomic E-state index is 0.0215. The number of nitrogens with zero attached hydrogens (tertiary/aromatic N) is 2. The third-order valence-corrected chi connectivity index (χ3v) is 7.55. The highest BCUT2D eigenvalue weighted by atomic mass is 32.2. The molecule has 3 rings (SSSR count). The van der Waals surface area contributed by atoms with Gasteiger partial charge in [-0.05, 0) is 74.5 Å². The van der Waals surface area contributed by atoms with Crippen molar-refractivity contribution in [2.45, 2.75) is 51.4 Å². The fourth-order valence-electron chi connectivity index (χ4n) is 4.09. The summed E-state index contributed by atoms with van der Waals surface area (Å²) in [5, 5.41) is 11.5. The van der Waals surface area contributed by atoms with Crippen molar-refractivity contribution in [1.82, 2.24) is 14.6 Å². The fourth-order valence-corrected chi connectivity index (χ4v) is 5.01. The van der Waals surface area contributed by atoms with E-state index in [1.54, 1.807) is 36.7 Å². The van der Waals surface area contributed by atoms with Gasteiger partial charge in [0.1, 0.15) is 5.56 Å². The van der Waals surface area contributed by atoms with Crippen molar-refractivity contribution in [1.29, 1.82) is 5.26 Å². The highest BCUT2D eigenvalue weighted by Gasteiger charge is 2.31. The molecule has 7 nitrogen and oxygen atoms in total. The molecule has 0 aliphatic rings. The van der Waals surface area contributed by atoms with E-state index in [-0.39, 0.29) is 29.3 Å². The number of aromatic nitrogens is 1. The maximum atomic E-state index is 13.4. The molecule has 1 heterocycles. The number of alkyl halides is 3. The SMILES string of the molecule is C=S(=O)(NC#N)c1ccc(CNC(=O)c2cn(C(C)C)c(C)c(-c3cccc(C(F)(F)F)c3)c2=O)c(C)c1. The largest absolute Gasteiger partial charge is 0.416 e. The van der Waals surface area contributed by atoms with Gasteiger partial charge >= 0.3 is 6.18 Å². The van der Waals surface area contributed by atoms with E-state index < -0.39 is 32.8 Å². The summed E-state index contributed by atoms with van der Waals surface area (Å²) in [6.07, 6.45) is -1.56. The molecule has 200 valence electrons. The average molecular weight is 545 g/mol. The molecule has 38 heavy (non-hydrogen) atoms. The van der Waals surface area contributed by atoms with E-state index in [2.05, 4.69) is 15.9 Å². The highest BCUT2D eigenvalue weighted by Crippen LogP contribution is 2.32. The monoisotopic (exact) mass is 544 g/mol. The fraction of sp³-hybridized carbons (Fsp3) is 0.259. The van der Waals surface area contributed by atoms with Gasteiger partial charge in [-0.1, -0.05) is 18.2 Å².